The molecule has 0 spiro atoms. The van der Waals surface area contributed by atoms with Crippen LogP contribution in [0.15, 0.2) is 36.5 Å². The summed E-state index contributed by atoms with van der Waals surface area (Å²) in [6.45, 7) is 0.706. The molecule has 4 rings (SSSR count). The zero-order valence-corrected chi connectivity index (χ0v) is 16.7. The monoisotopic (exact) mass is 419 g/mol. The van der Waals surface area contributed by atoms with E-state index in [1.54, 1.807) is 12.3 Å². The number of aromatic amines is 1. The van der Waals surface area contributed by atoms with Crippen LogP contribution in [-0.2, 0) is 10.0 Å². The number of fused-ring (bicyclic) bond motifs is 1. The second kappa shape index (κ2) is 7.23. The van der Waals surface area contributed by atoms with Gasteiger partial charge in [0.1, 0.15) is 11.4 Å². The average molecular weight is 419 g/mol. The molecule has 152 valence electrons. The number of nitrogens with one attached hydrogen (secondary N) is 1. The second-order valence-corrected chi connectivity index (χ2v) is 8.85. The van der Waals surface area contributed by atoms with Gasteiger partial charge in [-0.05, 0) is 35.8 Å². The lowest BCUT2D eigenvalue weighted by Crippen LogP contribution is -2.33. The first kappa shape index (κ1) is 19.5. The lowest BCUT2D eigenvalue weighted by molar-refractivity contribution is 0.408. The molecule has 0 saturated carbocycles. The zero-order chi connectivity index (χ0) is 20.8. The zero-order valence-electron chi connectivity index (χ0n) is 15.9. The number of H-pyrrole nitrogens is 1. The number of hydrogen-bond acceptors (Lipinski definition) is 4. The van der Waals surface area contributed by atoms with Crippen molar-refractivity contribution in [3.8, 4) is 16.9 Å². The number of halogens is 2. The van der Waals surface area contributed by atoms with Crippen LogP contribution in [0.4, 0.5) is 8.78 Å². The molecule has 0 radical (unpaired) electrons. The van der Waals surface area contributed by atoms with Gasteiger partial charge in [0.2, 0.25) is 10.0 Å². The number of benzene rings is 1. The van der Waals surface area contributed by atoms with Crippen molar-refractivity contribution in [2.24, 2.45) is 0 Å². The van der Waals surface area contributed by atoms with Crippen LogP contribution in [0.25, 0.3) is 27.7 Å². The highest BCUT2D eigenvalue weighted by atomic mass is 32.2. The van der Waals surface area contributed by atoms with E-state index in [1.807, 2.05) is 12.1 Å². The Balaban J connectivity index is 1.78. The first-order valence-corrected chi connectivity index (χ1v) is 10.8. The van der Waals surface area contributed by atoms with Crippen molar-refractivity contribution in [1.82, 2.24) is 14.3 Å². The number of rotatable bonds is 4. The molecular weight excluding hydrogens is 400 g/mol. The second-order valence-electron chi connectivity index (χ2n) is 6.87. The average Bonchev–Trinajstić information content (AvgIpc) is 3.13. The summed E-state index contributed by atoms with van der Waals surface area (Å²) in [5.41, 5.74) is 3.46. The van der Waals surface area contributed by atoms with Crippen molar-refractivity contribution < 1.29 is 21.9 Å². The third-order valence-corrected chi connectivity index (χ3v) is 6.32. The Kier molecular flexibility index (Phi) is 4.87. The summed E-state index contributed by atoms with van der Waals surface area (Å²) < 4.78 is 57.5. The molecule has 1 aliphatic rings. The maximum atomic E-state index is 13.9. The molecule has 9 heteroatoms. The summed E-state index contributed by atoms with van der Waals surface area (Å²) in [5.74, 6) is -1.72. The van der Waals surface area contributed by atoms with E-state index in [4.69, 9.17) is 4.74 Å². The van der Waals surface area contributed by atoms with Crippen LogP contribution >= 0.6 is 0 Å². The topological polar surface area (TPSA) is 75.3 Å². The van der Waals surface area contributed by atoms with Crippen molar-refractivity contribution in [3.05, 3.63) is 53.9 Å². The Hall–Kier alpha value is -2.78. The Morgan fingerprint density at radius 1 is 1.17 bits per heavy atom. The fourth-order valence-electron chi connectivity index (χ4n) is 3.54. The van der Waals surface area contributed by atoms with Crippen LogP contribution in [0.2, 0.25) is 0 Å². The summed E-state index contributed by atoms with van der Waals surface area (Å²) in [7, 11) is -1.83. The first-order chi connectivity index (χ1) is 13.8. The predicted molar refractivity (Wildman–Crippen MR) is 107 cm³/mol. The number of ether oxygens (including phenoxy) is 1. The minimum Gasteiger partial charge on any atom is -0.496 e. The predicted octanol–water partition coefficient (Wildman–Crippen LogP) is 3.57. The van der Waals surface area contributed by atoms with E-state index >= 15 is 0 Å². The van der Waals surface area contributed by atoms with Gasteiger partial charge in [0.15, 0.2) is 11.6 Å². The van der Waals surface area contributed by atoms with Gasteiger partial charge in [-0.15, -0.1) is 0 Å². The van der Waals surface area contributed by atoms with Crippen molar-refractivity contribution in [1.29, 1.82) is 0 Å². The molecule has 0 amide bonds. The van der Waals surface area contributed by atoms with Crippen LogP contribution in [0.5, 0.6) is 5.75 Å². The largest absolute Gasteiger partial charge is 0.496 e. The molecule has 3 aromatic rings. The number of sulfonamides is 1. The molecule has 1 aliphatic heterocycles. The highest BCUT2D eigenvalue weighted by molar-refractivity contribution is 7.88. The van der Waals surface area contributed by atoms with Crippen molar-refractivity contribution in [3.63, 3.8) is 0 Å². The SMILES string of the molecule is COc1cc(F)c(F)cc1-c1ccnc2[nH]c(C3=CCN(S(C)(=O)=O)CC3)cc12. The van der Waals surface area contributed by atoms with E-state index in [2.05, 4.69) is 9.97 Å². The highest BCUT2D eigenvalue weighted by Crippen LogP contribution is 2.37. The maximum absolute atomic E-state index is 13.9. The quantitative estimate of drug-likeness (QED) is 0.702. The molecule has 2 aromatic heterocycles. The standard InChI is InChI=1S/C20H19F2N3O3S/c1-28-19-11-17(22)16(21)9-14(19)13-3-6-23-20-15(13)10-18(24-20)12-4-7-25(8-5-12)29(2,26)27/h3-4,6,9-11H,5,7-8H2,1-2H3,(H,23,24). The highest BCUT2D eigenvalue weighted by Gasteiger charge is 2.22. The van der Waals surface area contributed by atoms with Gasteiger partial charge in [-0.25, -0.2) is 22.2 Å². The lowest BCUT2D eigenvalue weighted by Gasteiger charge is -2.23. The Morgan fingerprint density at radius 3 is 2.59 bits per heavy atom. The molecule has 0 aliphatic carbocycles. The van der Waals surface area contributed by atoms with E-state index < -0.39 is 21.7 Å². The van der Waals surface area contributed by atoms with Gasteiger partial charge in [-0.1, -0.05) is 6.08 Å². The van der Waals surface area contributed by atoms with E-state index in [0.29, 0.717) is 36.3 Å². The van der Waals surface area contributed by atoms with Crippen LogP contribution in [0, 0.1) is 11.6 Å². The fourth-order valence-corrected chi connectivity index (χ4v) is 4.31. The van der Waals surface area contributed by atoms with Gasteiger partial charge in [-0.2, -0.15) is 4.31 Å². The van der Waals surface area contributed by atoms with Gasteiger partial charge < -0.3 is 9.72 Å². The van der Waals surface area contributed by atoms with E-state index in [9.17, 15) is 17.2 Å². The minimum atomic E-state index is -3.23. The van der Waals surface area contributed by atoms with Crippen LogP contribution < -0.4 is 4.74 Å². The molecule has 1 N–H and O–H groups in total. The lowest BCUT2D eigenvalue weighted by atomic mass is 10.0. The summed E-state index contributed by atoms with van der Waals surface area (Å²) in [4.78, 5) is 7.57. The van der Waals surface area contributed by atoms with Crippen LogP contribution in [0.3, 0.4) is 0 Å². The van der Waals surface area contributed by atoms with E-state index in [1.165, 1.54) is 17.7 Å². The van der Waals surface area contributed by atoms with Gasteiger partial charge in [0.25, 0.3) is 0 Å². The Bertz CT molecular complexity index is 1240. The molecule has 6 nitrogen and oxygen atoms in total. The molecule has 3 heterocycles. The third kappa shape index (κ3) is 3.63. The Morgan fingerprint density at radius 2 is 1.93 bits per heavy atom. The van der Waals surface area contributed by atoms with Gasteiger partial charge >= 0.3 is 0 Å². The van der Waals surface area contributed by atoms with Gasteiger partial charge in [0.05, 0.1) is 13.4 Å². The molecule has 1 aromatic carbocycles. The van der Waals surface area contributed by atoms with Crippen LogP contribution in [0.1, 0.15) is 12.1 Å². The third-order valence-electron chi connectivity index (χ3n) is 5.05. The normalized spacial score (nSPS) is 15.5. The Labute approximate surface area is 166 Å². The molecule has 0 bridgehead atoms. The number of pyridine rings is 1. The van der Waals surface area contributed by atoms with E-state index in [-0.39, 0.29) is 5.75 Å². The molecule has 0 fully saturated rings. The smallest absolute Gasteiger partial charge is 0.211 e. The molecular formula is C20H19F2N3O3S. The summed E-state index contributed by atoms with van der Waals surface area (Å²) in [5, 5.41) is 0.734. The van der Waals surface area contributed by atoms with Crippen LogP contribution in [-0.4, -0.2) is 49.1 Å². The number of methoxy groups -OCH3 is 1. The first-order valence-electron chi connectivity index (χ1n) is 8.93. The maximum Gasteiger partial charge on any atom is 0.211 e. The fraction of sp³-hybridized carbons (Fsp3) is 0.250. The minimum absolute atomic E-state index is 0.222. The number of nitrogens with zero attached hydrogens (tertiary/aromatic N) is 2. The van der Waals surface area contributed by atoms with Crippen molar-refractivity contribution in [2.75, 3.05) is 26.5 Å². The summed E-state index contributed by atoms with van der Waals surface area (Å²) in [6.07, 6.45) is 5.20. The van der Waals surface area contributed by atoms with Gasteiger partial charge in [0, 0.05) is 42.0 Å². The summed E-state index contributed by atoms with van der Waals surface area (Å²) in [6, 6.07) is 5.74. The van der Waals surface area contributed by atoms with E-state index in [0.717, 1.165) is 28.8 Å². The molecule has 0 atom stereocenters. The molecule has 29 heavy (non-hydrogen) atoms. The summed E-state index contributed by atoms with van der Waals surface area (Å²) >= 11 is 0. The van der Waals surface area contributed by atoms with Crippen molar-refractivity contribution >= 4 is 26.6 Å². The van der Waals surface area contributed by atoms with Crippen molar-refractivity contribution in [2.45, 2.75) is 6.42 Å². The van der Waals surface area contributed by atoms with Gasteiger partial charge in [-0.3, -0.25) is 0 Å². The molecule has 0 unspecified atom stereocenters. The number of hydrogen-bond donors (Lipinski definition) is 1. The number of aromatic nitrogens is 2. The molecule has 0 saturated heterocycles.